The quantitative estimate of drug-likeness (QED) is 0.701. The fraction of sp³-hybridized carbons (Fsp3) is 0. The Balaban J connectivity index is 2.35. The van der Waals surface area contributed by atoms with E-state index in [0.29, 0.717) is 27.9 Å². The van der Waals surface area contributed by atoms with Crippen LogP contribution >= 0.6 is 0 Å². The number of carbonyl (C=O) groups excluding carboxylic acids is 1. The Morgan fingerprint density at radius 2 is 2.17 bits per heavy atom. The van der Waals surface area contributed by atoms with Gasteiger partial charge in [0.15, 0.2) is 6.29 Å². The van der Waals surface area contributed by atoms with Gasteiger partial charge in [-0.1, -0.05) is 12.1 Å². The van der Waals surface area contributed by atoms with E-state index in [9.17, 15) is 9.18 Å². The van der Waals surface area contributed by atoms with E-state index in [1.54, 1.807) is 18.3 Å². The van der Waals surface area contributed by atoms with E-state index in [-0.39, 0.29) is 5.82 Å². The minimum Gasteiger partial charge on any atom is -0.345 e. The van der Waals surface area contributed by atoms with Crippen LogP contribution in [0.5, 0.6) is 0 Å². The summed E-state index contributed by atoms with van der Waals surface area (Å²) in [6.07, 6.45) is 3.67. The molecule has 0 aliphatic heterocycles. The first-order chi connectivity index (χ1) is 8.79. The number of rotatable bonds is 2. The van der Waals surface area contributed by atoms with E-state index >= 15 is 0 Å². The first-order valence-electron chi connectivity index (χ1n) is 5.33. The molecule has 88 valence electrons. The van der Waals surface area contributed by atoms with Crippen molar-refractivity contribution in [3.05, 3.63) is 48.2 Å². The summed E-state index contributed by atoms with van der Waals surface area (Å²) < 4.78 is 13.2. The molecule has 0 spiro atoms. The van der Waals surface area contributed by atoms with Gasteiger partial charge in [-0.2, -0.15) is 0 Å². The summed E-state index contributed by atoms with van der Waals surface area (Å²) in [4.78, 5) is 22.1. The van der Waals surface area contributed by atoms with Crippen LogP contribution in [0, 0.1) is 5.82 Å². The molecule has 0 radical (unpaired) electrons. The third-order valence-electron chi connectivity index (χ3n) is 2.73. The molecule has 0 bridgehead atoms. The number of H-pyrrole nitrogens is 1. The second-order valence-corrected chi connectivity index (χ2v) is 3.82. The number of aromatic amines is 1. The van der Waals surface area contributed by atoms with Crippen LogP contribution in [0.25, 0.3) is 22.3 Å². The van der Waals surface area contributed by atoms with Gasteiger partial charge in [0.1, 0.15) is 17.8 Å². The second kappa shape index (κ2) is 4.03. The first-order valence-corrected chi connectivity index (χ1v) is 5.33. The van der Waals surface area contributed by atoms with Crippen LogP contribution in [0.2, 0.25) is 0 Å². The van der Waals surface area contributed by atoms with Crippen molar-refractivity contribution in [2.45, 2.75) is 0 Å². The van der Waals surface area contributed by atoms with E-state index in [4.69, 9.17) is 0 Å². The van der Waals surface area contributed by atoms with Gasteiger partial charge in [-0.25, -0.2) is 14.4 Å². The molecule has 3 rings (SSSR count). The Morgan fingerprint density at radius 1 is 1.28 bits per heavy atom. The highest BCUT2D eigenvalue weighted by Crippen LogP contribution is 2.27. The van der Waals surface area contributed by atoms with Crippen LogP contribution in [-0.4, -0.2) is 21.2 Å². The van der Waals surface area contributed by atoms with Crippen molar-refractivity contribution in [3.63, 3.8) is 0 Å². The van der Waals surface area contributed by atoms with Crippen molar-refractivity contribution in [1.29, 1.82) is 0 Å². The van der Waals surface area contributed by atoms with Crippen molar-refractivity contribution in [3.8, 4) is 11.3 Å². The van der Waals surface area contributed by atoms with E-state index in [2.05, 4.69) is 15.0 Å². The zero-order valence-electron chi connectivity index (χ0n) is 9.22. The molecule has 0 aliphatic carbocycles. The fourth-order valence-corrected chi connectivity index (χ4v) is 1.93. The van der Waals surface area contributed by atoms with Crippen molar-refractivity contribution in [1.82, 2.24) is 15.0 Å². The zero-order valence-corrected chi connectivity index (χ0v) is 9.22. The number of benzene rings is 1. The Bertz CT molecular complexity index is 736. The molecule has 4 nitrogen and oxygen atoms in total. The summed E-state index contributed by atoms with van der Waals surface area (Å²) in [5.41, 5.74) is 2.18. The van der Waals surface area contributed by atoms with Gasteiger partial charge < -0.3 is 4.98 Å². The predicted octanol–water partition coefficient (Wildman–Crippen LogP) is 2.58. The summed E-state index contributed by atoms with van der Waals surface area (Å²) in [5, 5.41) is 0.609. The molecule has 5 heteroatoms. The SMILES string of the molecule is O=Cc1c[nH]c2ncnc(-c3cccc(F)c3)c12. The molecule has 0 fully saturated rings. The Labute approximate surface area is 102 Å². The molecule has 0 saturated heterocycles. The molecule has 18 heavy (non-hydrogen) atoms. The Hall–Kier alpha value is -2.56. The lowest BCUT2D eigenvalue weighted by atomic mass is 10.1. The number of aromatic nitrogens is 3. The lowest BCUT2D eigenvalue weighted by Gasteiger charge is -2.02. The highest BCUT2D eigenvalue weighted by Gasteiger charge is 2.12. The minimum atomic E-state index is -0.345. The average molecular weight is 241 g/mol. The molecule has 2 heterocycles. The lowest BCUT2D eigenvalue weighted by Crippen LogP contribution is -1.90. The molecule has 3 aromatic rings. The van der Waals surface area contributed by atoms with Gasteiger partial charge in [-0.05, 0) is 12.1 Å². The monoisotopic (exact) mass is 241 g/mol. The van der Waals surface area contributed by atoms with E-state index < -0.39 is 0 Å². The van der Waals surface area contributed by atoms with Crippen molar-refractivity contribution < 1.29 is 9.18 Å². The first kappa shape index (κ1) is 10.6. The second-order valence-electron chi connectivity index (χ2n) is 3.82. The number of halogens is 1. The average Bonchev–Trinajstić information content (AvgIpc) is 2.81. The third kappa shape index (κ3) is 1.57. The van der Waals surface area contributed by atoms with Crippen LogP contribution in [0.1, 0.15) is 10.4 Å². The third-order valence-corrected chi connectivity index (χ3v) is 2.73. The smallest absolute Gasteiger partial charge is 0.152 e. The van der Waals surface area contributed by atoms with Gasteiger partial charge in [0.2, 0.25) is 0 Å². The summed E-state index contributed by atoms with van der Waals surface area (Å²) in [7, 11) is 0. The maximum absolute atomic E-state index is 13.2. The van der Waals surface area contributed by atoms with Gasteiger partial charge in [0.25, 0.3) is 0 Å². The van der Waals surface area contributed by atoms with Crippen LogP contribution in [0.3, 0.4) is 0 Å². The molecule has 0 amide bonds. The van der Waals surface area contributed by atoms with Crippen LogP contribution < -0.4 is 0 Å². The Kier molecular flexibility index (Phi) is 2.37. The predicted molar refractivity (Wildman–Crippen MR) is 64.7 cm³/mol. The van der Waals surface area contributed by atoms with Gasteiger partial charge in [0, 0.05) is 17.3 Å². The molecule has 0 unspecified atom stereocenters. The molecular weight excluding hydrogens is 233 g/mol. The minimum absolute atomic E-state index is 0.345. The highest BCUT2D eigenvalue weighted by molar-refractivity contribution is 6.02. The fourth-order valence-electron chi connectivity index (χ4n) is 1.93. The largest absolute Gasteiger partial charge is 0.345 e. The molecule has 0 atom stereocenters. The maximum Gasteiger partial charge on any atom is 0.152 e. The number of carbonyl (C=O) groups is 1. The van der Waals surface area contributed by atoms with Gasteiger partial charge in [-0.3, -0.25) is 4.79 Å². The van der Waals surface area contributed by atoms with Gasteiger partial charge in [-0.15, -0.1) is 0 Å². The number of aldehydes is 1. The molecule has 0 aliphatic rings. The molecule has 1 N–H and O–H groups in total. The normalized spacial score (nSPS) is 10.7. The highest BCUT2D eigenvalue weighted by atomic mass is 19.1. The summed E-state index contributed by atoms with van der Waals surface area (Å²) in [5.74, 6) is -0.345. The number of nitrogens with zero attached hydrogens (tertiary/aromatic N) is 2. The van der Waals surface area contributed by atoms with E-state index in [1.807, 2.05) is 0 Å². The van der Waals surface area contributed by atoms with E-state index in [1.165, 1.54) is 18.5 Å². The standard InChI is InChI=1S/C13H8FN3O/c14-10-3-1-2-8(4-10)12-11-9(6-18)5-15-13(11)17-7-16-12/h1-7H,(H,15,16,17). The van der Waals surface area contributed by atoms with Crippen LogP contribution in [0.15, 0.2) is 36.8 Å². The summed E-state index contributed by atoms with van der Waals surface area (Å²) in [6.45, 7) is 0. The van der Waals surface area contributed by atoms with Crippen molar-refractivity contribution in [2.75, 3.05) is 0 Å². The Morgan fingerprint density at radius 3 is 2.94 bits per heavy atom. The molecule has 1 aromatic carbocycles. The maximum atomic E-state index is 13.2. The summed E-state index contributed by atoms with van der Waals surface area (Å²) >= 11 is 0. The molecule has 0 saturated carbocycles. The van der Waals surface area contributed by atoms with Crippen molar-refractivity contribution >= 4 is 17.3 Å². The van der Waals surface area contributed by atoms with Crippen LogP contribution in [-0.2, 0) is 0 Å². The van der Waals surface area contributed by atoms with Gasteiger partial charge >= 0.3 is 0 Å². The lowest BCUT2D eigenvalue weighted by molar-refractivity contribution is 0.112. The molecule has 2 aromatic heterocycles. The van der Waals surface area contributed by atoms with E-state index in [0.717, 1.165) is 6.29 Å². The zero-order chi connectivity index (χ0) is 12.5. The van der Waals surface area contributed by atoms with Crippen LogP contribution in [0.4, 0.5) is 4.39 Å². The topological polar surface area (TPSA) is 58.6 Å². The summed E-state index contributed by atoms with van der Waals surface area (Å²) in [6, 6.07) is 6.08. The number of nitrogens with one attached hydrogen (secondary N) is 1. The number of hydrogen-bond donors (Lipinski definition) is 1. The number of fused-ring (bicyclic) bond motifs is 1. The number of hydrogen-bond acceptors (Lipinski definition) is 3. The van der Waals surface area contributed by atoms with Gasteiger partial charge in [0.05, 0.1) is 11.1 Å². The molecular formula is C13H8FN3O. The van der Waals surface area contributed by atoms with Crippen molar-refractivity contribution in [2.24, 2.45) is 0 Å².